The van der Waals surface area contributed by atoms with Gasteiger partial charge in [0.25, 0.3) is 17.7 Å². The smallest absolute Gasteiger partial charge is 0.264 e. The van der Waals surface area contributed by atoms with Crippen molar-refractivity contribution in [3.63, 3.8) is 0 Å². The Morgan fingerprint density at radius 3 is 1.84 bits per heavy atom. The molecule has 4 aliphatic heterocycles. The molecule has 4 atom stereocenters. The van der Waals surface area contributed by atoms with Gasteiger partial charge in [0, 0.05) is 46.2 Å². The Kier molecular flexibility index (Phi) is 8.52. The lowest BCUT2D eigenvalue weighted by molar-refractivity contribution is -0.146. The molecule has 4 aliphatic rings. The number of nitrogens with zero attached hydrogens (tertiary/aromatic N) is 3. The molecule has 0 aliphatic carbocycles. The van der Waals surface area contributed by atoms with Gasteiger partial charge in [0.2, 0.25) is 0 Å². The van der Waals surface area contributed by atoms with Crippen LogP contribution in [0, 0.1) is 11.8 Å². The maximum atomic E-state index is 15.6. The number of carbonyl (C=O) groups excluding carboxylic acids is 3. The maximum absolute atomic E-state index is 15.6. The van der Waals surface area contributed by atoms with Gasteiger partial charge in [-0.15, -0.1) is 0 Å². The fourth-order valence-corrected chi connectivity index (χ4v) is 11.3. The first kappa shape index (κ1) is 38.1. The quantitative estimate of drug-likeness (QED) is 0.156. The molecule has 9 nitrogen and oxygen atoms in total. The van der Waals surface area contributed by atoms with Crippen molar-refractivity contribution in [1.82, 2.24) is 0 Å². The molecule has 308 valence electrons. The molecule has 11 rings (SSSR count). The van der Waals surface area contributed by atoms with Crippen LogP contribution in [0.15, 0.2) is 140 Å². The van der Waals surface area contributed by atoms with Crippen molar-refractivity contribution in [2.24, 2.45) is 11.8 Å². The molecule has 0 unspecified atom stereocenters. The summed E-state index contributed by atoms with van der Waals surface area (Å²) in [4.78, 5) is 48.9. The number of hydrogen-bond acceptors (Lipinski definition) is 6. The van der Waals surface area contributed by atoms with Crippen molar-refractivity contribution in [1.29, 1.82) is 0 Å². The van der Waals surface area contributed by atoms with Crippen LogP contribution in [0.5, 0.6) is 5.75 Å². The highest BCUT2D eigenvalue weighted by Gasteiger charge is 2.66. The van der Waals surface area contributed by atoms with E-state index in [2.05, 4.69) is 32.9 Å². The standard InChI is InChI=1S/C53H45N3O6/c1-31-48(52(2,3)35-19-24-38(61-4)25-20-35)45(27-28-57)62-53(31)41-29-37(56-44-16-8-12-34-10-6-14-40(47(34)44)50(56)59)23-26-42(41)54(51(53)60)30-32-17-21-36(22-18-32)55-43-15-7-11-33-9-5-13-39(46(33)43)49(55)58/h5-26,29,31,45,48,57H,27-28,30H2,1-4H3/t31-,45+,48-,53+/m0/s1. The molecule has 9 heteroatoms. The monoisotopic (exact) mass is 819 g/mol. The van der Waals surface area contributed by atoms with Crippen molar-refractivity contribution in [2.75, 3.05) is 28.4 Å². The summed E-state index contributed by atoms with van der Waals surface area (Å²) >= 11 is 0. The minimum Gasteiger partial charge on any atom is -0.497 e. The van der Waals surface area contributed by atoms with Crippen molar-refractivity contribution in [3.05, 3.63) is 167 Å². The minimum absolute atomic E-state index is 0.0707. The zero-order valence-corrected chi connectivity index (χ0v) is 35.0. The predicted octanol–water partition coefficient (Wildman–Crippen LogP) is 10.3. The molecule has 1 spiro atoms. The Balaban J connectivity index is 1.00. The fraction of sp³-hybridized carbons (Fsp3) is 0.226. The number of amides is 3. The van der Waals surface area contributed by atoms with Gasteiger partial charge >= 0.3 is 0 Å². The third-order valence-corrected chi connectivity index (χ3v) is 14.1. The SMILES string of the molecule is COc1ccc(C(C)(C)[C@@H]2[C@@H](CCO)O[C@]3(C(=O)N(Cc4ccc(N5C(=O)c6cccc7cccc5c67)cc4)c4ccc(N5C(=O)c6cccc7cccc5c67)cc43)[C@H]2C)cc1. The van der Waals surface area contributed by atoms with E-state index in [-0.39, 0.29) is 42.7 Å². The summed E-state index contributed by atoms with van der Waals surface area (Å²) < 4.78 is 12.7. The highest BCUT2D eigenvalue weighted by molar-refractivity contribution is 6.29. The second-order valence-electron chi connectivity index (χ2n) is 17.6. The zero-order valence-electron chi connectivity index (χ0n) is 35.0. The Labute approximate surface area is 359 Å². The van der Waals surface area contributed by atoms with Crippen LogP contribution in [0.1, 0.15) is 64.6 Å². The molecule has 62 heavy (non-hydrogen) atoms. The highest BCUT2D eigenvalue weighted by atomic mass is 16.5. The van der Waals surface area contributed by atoms with E-state index in [1.807, 2.05) is 132 Å². The molecule has 3 amide bonds. The van der Waals surface area contributed by atoms with Crippen LogP contribution < -0.4 is 19.4 Å². The number of aliphatic hydroxyl groups is 1. The van der Waals surface area contributed by atoms with Gasteiger partial charge in [-0.05, 0) is 100 Å². The summed E-state index contributed by atoms with van der Waals surface area (Å²) in [5.41, 5.74) is 5.80. The number of carbonyl (C=O) groups is 3. The normalized spacial score (nSPS) is 21.3. The molecule has 1 saturated heterocycles. The summed E-state index contributed by atoms with van der Waals surface area (Å²) in [7, 11) is 1.65. The van der Waals surface area contributed by atoms with Crippen molar-refractivity contribution < 1.29 is 29.0 Å². The van der Waals surface area contributed by atoms with Crippen LogP contribution in [-0.2, 0) is 27.1 Å². The lowest BCUT2D eigenvalue weighted by Gasteiger charge is -2.38. The number of methoxy groups -OCH3 is 1. The van der Waals surface area contributed by atoms with Crippen LogP contribution in [-0.4, -0.2) is 42.6 Å². The Morgan fingerprint density at radius 1 is 0.694 bits per heavy atom. The van der Waals surface area contributed by atoms with E-state index in [0.717, 1.165) is 55.5 Å². The molecule has 4 heterocycles. The first-order valence-corrected chi connectivity index (χ1v) is 21.3. The van der Waals surface area contributed by atoms with E-state index in [0.29, 0.717) is 34.5 Å². The Morgan fingerprint density at radius 2 is 1.26 bits per heavy atom. The summed E-state index contributed by atoms with van der Waals surface area (Å²) in [6, 6.07) is 45.2. The van der Waals surface area contributed by atoms with Crippen LogP contribution in [0.4, 0.5) is 28.4 Å². The van der Waals surface area contributed by atoms with Gasteiger partial charge in [-0.3, -0.25) is 24.2 Å². The van der Waals surface area contributed by atoms with Gasteiger partial charge in [-0.1, -0.05) is 93.6 Å². The van der Waals surface area contributed by atoms with Gasteiger partial charge in [0.1, 0.15) is 5.75 Å². The van der Waals surface area contributed by atoms with E-state index in [1.165, 1.54) is 0 Å². The molecular weight excluding hydrogens is 775 g/mol. The summed E-state index contributed by atoms with van der Waals surface area (Å²) in [5, 5.41) is 14.4. The average molecular weight is 820 g/mol. The van der Waals surface area contributed by atoms with Gasteiger partial charge < -0.3 is 19.5 Å². The molecular formula is C53H45N3O6. The van der Waals surface area contributed by atoms with Crippen LogP contribution in [0.2, 0.25) is 0 Å². The largest absolute Gasteiger partial charge is 0.497 e. The topological polar surface area (TPSA) is 99.6 Å². The number of ether oxygens (including phenoxy) is 2. The van der Waals surface area contributed by atoms with Gasteiger partial charge in [-0.2, -0.15) is 0 Å². The molecule has 1 fully saturated rings. The summed E-state index contributed by atoms with van der Waals surface area (Å²) in [5.74, 6) is -0.180. The molecule has 0 radical (unpaired) electrons. The molecule has 0 aromatic heterocycles. The molecule has 7 aromatic carbocycles. The van der Waals surface area contributed by atoms with Gasteiger partial charge in [0.05, 0.1) is 47.9 Å². The van der Waals surface area contributed by atoms with Gasteiger partial charge in [0.15, 0.2) is 5.60 Å². The predicted molar refractivity (Wildman–Crippen MR) is 242 cm³/mol. The third-order valence-electron chi connectivity index (χ3n) is 14.1. The van der Waals surface area contributed by atoms with E-state index in [9.17, 15) is 14.7 Å². The zero-order chi connectivity index (χ0) is 42.7. The summed E-state index contributed by atoms with van der Waals surface area (Å²) in [6.07, 6.45) is -0.126. The lowest BCUT2D eigenvalue weighted by Crippen LogP contribution is -2.45. The van der Waals surface area contributed by atoms with Crippen molar-refractivity contribution >= 4 is 67.7 Å². The van der Waals surface area contributed by atoms with Crippen LogP contribution >= 0.6 is 0 Å². The first-order chi connectivity index (χ1) is 30.1. The molecule has 0 bridgehead atoms. The van der Waals surface area contributed by atoms with Crippen molar-refractivity contribution in [2.45, 2.75) is 50.9 Å². The van der Waals surface area contributed by atoms with E-state index >= 15 is 4.79 Å². The first-order valence-electron chi connectivity index (χ1n) is 21.3. The average Bonchev–Trinajstić information content (AvgIpc) is 3.94. The van der Waals surface area contributed by atoms with E-state index in [4.69, 9.17) is 9.47 Å². The number of hydrogen-bond donors (Lipinski definition) is 1. The summed E-state index contributed by atoms with van der Waals surface area (Å²) in [6.45, 7) is 6.61. The molecule has 0 saturated carbocycles. The number of rotatable bonds is 9. The van der Waals surface area contributed by atoms with Crippen molar-refractivity contribution in [3.8, 4) is 5.75 Å². The second kappa shape index (κ2) is 13.9. The maximum Gasteiger partial charge on any atom is 0.264 e. The van der Waals surface area contributed by atoms with E-state index in [1.54, 1.807) is 16.9 Å². The highest BCUT2D eigenvalue weighted by Crippen LogP contribution is 2.61. The molecule has 7 aromatic rings. The molecule has 1 N–H and O–H groups in total. The number of fused-ring (bicyclic) bond motifs is 2. The lowest BCUT2D eigenvalue weighted by atomic mass is 9.63. The Hall–Kier alpha value is -6.81. The number of aliphatic hydroxyl groups excluding tert-OH is 1. The van der Waals surface area contributed by atoms with E-state index < -0.39 is 17.1 Å². The Bertz CT molecular complexity index is 3000. The van der Waals surface area contributed by atoms with Crippen LogP contribution in [0.25, 0.3) is 21.5 Å². The number of anilines is 5. The van der Waals surface area contributed by atoms with Gasteiger partial charge in [-0.25, -0.2) is 0 Å². The fourth-order valence-electron chi connectivity index (χ4n) is 11.3. The second-order valence-corrected chi connectivity index (χ2v) is 17.6. The van der Waals surface area contributed by atoms with Crippen LogP contribution in [0.3, 0.4) is 0 Å². The minimum atomic E-state index is -1.42. The number of benzene rings is 7. The third kappa shape index (κ3) is 5.25.